The van der Waals surface area contributed by atoms with Crippen molar-refractivity contribution in [3.05, 3.63) is 29.8 Å². The Morgan fingerprint density at radius 1 is 1.16 bits per heavy atom. The zero-order valence-electron chi connectivity index (χ0n) is 18.6. The van der Waals surface area contributed by atoms with Gasteiger partial charge >= 0.3 is 12.5 Å². The van der Waals surface area contributed by atoms with Crippen LogP contribution in [0.15, 0.2) is 24.3 Å². The summed E-state index contributed by atoms with van der Waals surface area (Å²) in [6.07, 6.45) is -5.21. The Bertz CT molecular complexity index is 753. The van der Waals surface area contributed by atoms with Gasteiger partial charge in [0, 0.05) is 19.1 Å². The highest BCUT2D eigenvalue weighted by atomic mass is 35.6. The van der Waals surface area contributed by atoms with E-state index < -0.39 is 31.2 Å². The molecule has 0 radical (unpaired) electrons. The van der Waals surface area contributed by atoms with Gasteiger partial charge in [-0.3, -0.25) is 0 Å². The van der Waals surface area contributed by atoms with E-state index in [1.54, 1.807) is 6.07 Å². The molecule has 0 aromatic heterocycles. The van der Waals surface area contributed by atoms with Crippen LogP contribution in [0.2, 0.25) is 18.1 Å². The number of amides is 1. The van der Waals surface area contributed by atoms with Crippen molar-refractivity contribution >= 4 is 49.2 Å². The lowest BCUT2D eigenvalue weighted by Gasteiger charge is -2.37. The summed E-state index contributed by atoms with van der Waals surface area (Å²) in [6.45, 7) is 10.5. The molecule has 0 heterocycles. The maximum absolute atomic E-state index is 12.5. The van der Waals surface area contributed by atoms with E-state index in [0.29, 0.717) is 18.6 Å². The maximum atomic E-state index is 12.5. The Hall–Kier alpha value is -0.873. The maximum Gasteiger partial charge on any atom is 0.573 e. The highest BCUT2D eigenvalue weighted by Crippen LogP contribution is 2.37. The molecule has 0 spiro atoms. The lowest BCUT2D eigenvalue weighted by molar-refractivity contribution is -0.274. The summed E-state index contributed by atoms with van der Waals surface area (Å²) in [5, 5.41) is 2.56. The van der Waals surface area contributed by atoms with Crippen molar-refractivity contribution in [2.45, 2.75) is 55.5 Å². The first kappa shape index (κ1) is 29.2. The topological polar surface area (TPSA) is 56.8 Å². The van der Waals surface area contributed by atoms with E-state index >= 15 is 0 Å². The van der Waals surface area contributed by atoms with Gasteiger partial charge in [0.05, 0.1) is 0 Å². The molecule has 184 valence electrons. The first-order valence-electron chi connectivity index (χ1n) is 9.84. The molecule has 0 saturated carbocycles. The molecule has 1 rings (SSSR count). The van der Waals surface area contributed by atoms with Crippen molar-refractivity contribution in [1.29, 1.82) is 0 Å². The van der Waals surface area contributed by atoms with Gasteiger partial charge in [0.2, 0.25) is 3.79 Å². The third kappa shape index (κ3) is 11.8. The molecule has 1 N–H and O–H groups in total. The van der Waals surface area contributed by atoms with Crippen LogP contribution in [0.5, 0.6) is 5.75 Å². The Kier molecular flexibility index (Phi) is 10.5. The Labute approximate surface area is 203 Å². The smallest absolute Gasteiger partial charge is 0.445 e. The van der Waals surface area contributed by atoms with E-state index in [0.717, 1.165) is 0 Å². The summed E-state index contributed by atoms with van der Waals surface area (Å²) < 4.78 is 51.0. The first-order valence-corrected chi connectivity index (χ1v) is 13.9. The van der Waals surface area contributed by atoms with E-state index in [1.165, 1.54) is 18.2 Å². The number of halogens is 6. The lowest BCUT2D eigenvalue weighted by Crippen LogP contribution is -2.43. The van der Waals surface area contributed by atoms with Crippen molar-refractivity contribution in [3.8, 4) is 5.75 Å². The number of ether oxygens (including phenoxy) is 2. The van der Waals surface area contributed by atoms with Crippen molar-refractivity contribution in [1.82, 2.24) is 5.32 Å². The molecule has 1 aromatic carbocycles. The van der Waals surface area contributed by atoms with Crippen molar-refractivity contribution in [2.75, 3.05) is 19.8 Å². The first-order chi connectivity index (χ1) is 14.4. The summed E-state index contributed by atoms with van der Waals surface area (Å²) in [7, 11) is -2.09. The monoisotopic (exact) mass is 537 g/mol. The lowest BCUT2D eigenvalue weighted by atomic mass is 10.00. The molecular formula is C20H29Cl3F3NO4Si. The molecule has 5 nitrogen and oxygen atoms in total. The minimum absolute atomic E-state index is 0.0330. The zero-order valence-corrected chi connectivity index (χ0v) is 21.9. The third-order valence-electron chi connectivity index (χ3n) is 5.04. The van der Waals surface area contributed by atoms with Gasteiger partial charge < -0.3 is 19.2 Å². The van der Waals surface area contributed by atoms with Crippen LogP contribution in [-0.2, 0) is 15.6 Å². The summed E-state index contributed by atoms with van der Waals surface area (Å²) >= 11 is 16.7. The Morgan fingerprint density at radius 2 is 1.78 bits per heavy atom. The largest absolute Gasteiger partial charge is 0.573 e. The van der Waals surface area contributed by atoms with Gasteiger partial charge in [0.25, 0.3) is 0 Å². The van der Waals surface area contributed by atoms with Gasteiger partial charge in [-0.2, -0.15) is 0 Å². The molecule has 0 saturated heterocycles. The highest BCUT2D eigenvalue weighted by Gasteiger charge is 2.37. The summed E-state index contributed by atoms with van der Waals surface area (Å²) in [5.41, 5.74) is 0.604. The molecule has 32 heavy (non-hydrogen) atoms. The molecular weight excluding hydrogens is 510 g/mol. The molecule has 1 unspecified atom stereocenters. The molecule has 0 aliphatic heterocycles. The SMILES string of the molecule is CC(C)(C)[Si](C)(C)OCC(CNC(=O)OCC(Cl)(Cl)Cl)Cc1cccc(OC(F)(F)F)c1. The number of nitrogens with one attached hydrogen (secondary N) is 1. The van der Waals surface area contributed by atoms with Gasteiger partial charge in [-0.25, -0.2) is 4.79 Å². The normalized spacial score (nSPS) is 14.1. The fourth-order valence-electron chi connectivity index (χ4n) is 2.36. The summed E-state index contributed by atoms with van der Waals surface area (Å²) in [4.78, 5) is 11.9. The minimum Gasteiger partial charge on any atom is -0.445 e. The van der Waals surface area contributed by atoms with Crippen LogP contribution in [0.1, 0.15) is 26.3 Å². The van der Waals surface area contributed by atoms with Gasteiger partial charge in [0.15, 0.2) is 8.32 Å². The molecule has 12 heteroatoms. The molecule has 1 atom stereocenters. The van der Waals surface area contributed by atoms with Crippen molar-refractivity contribution in [2.24, 2.45) is 5.92 Å². The Morgan fingerprint density at radius 3 is 2.31 bits per heavy atom. The van der Waals surface area contributed by atoms with Gasteiger partial charge in [0.1, 0.15) is 12.4 Å². The number of alkyl carbamates (subject to hydrolysis) is 1. The van der Waals surface area contributed by atoms with E-state index in [1.807, 2.05) is 0 Å². The number of carbonyl (C=O) groups is 1. The second-order valence-electron chi connectivity index (χ2n) is 8.91. The molecule has 1 amide bonds. The fraction of sp³-hybridized carbons (Fsp3) is 0.650. The zero-order chi connectivity index (χ0) is 24.8. The van der Waals surface area contributed by atoms with Gasteiger partial charge in [-0.05, 0) is 42.2 Å². The van der Waals surface area contributed by atoms with Crippen LogP contribution in [0.3, 0.4) is 0 Å². The average molecular weight is 539 g/mol. The second kappa shape index (κ2) is 11.5. The summed E-state index contributed by atoms with van der Waals surface area (Å²) in [6, 6.07) is 5.70. The highest BCUT2D eigenvalue weighted by molar-refractivity contribution is 6.74. The van der Waals surface area contributed by atoms with Gasteiger partial charge in [-0.1, -0.05) is 67.7 Å². The van der Waals surface area contributed by atoms with Crippen LogP contribution in [0, 0.1) is 5.92 Å². The van der Waals surface area contributed by atoms with Crippen LogP contribution < -0.4 is 10.1 Å². The average Bonchev–Trinajstić information content (AvgIpc) is 2.59. The van der Waals surface area contributed by atoms with Crippen LogP contribution in [0.4, 0.5) is 18.0 Å². The number of rotatable bonds is 9. The third-order valence-corrected chi connectivity index (χ3v) is 9.87. The molecule has 1 aromatic rings. The molecule has 0 fully saturated rings. The van der Waals surface area contributed by atoms with Crippen molar-refractivity contribution < 1.29 is 31.9 Å². The van der Waals surface area contributed by atoms with E-state index in [4.69, 9.17) is 44.0 Å². The van der Waals surface area contributed by atoms with E-state index in [9.17, 15) is 18.0 Å². The fourth-order valence-corrected chi connectivity index (χ4v) is 3.61. The number of carbonyl (C=O) groups excluding carboxylic acids is 1. The molecule has 0 aliphatic rings. The number of benzene rings is 1. The van der Waals surface area contributed by atoms with E-state index in [-0.39, 0.29) is 23.3 Å². The van der Waals surface area contributed by atoms with Crippen LogP contribution in [0.25, 0.3) is 0 Å². The predicted octanol–water partition coefficient (Wildman–Crippen LogP) is 6.86. The Balaban J connectivity index is 2.88. The summed E-state index contributed by atoms with van der Waals surface area (Å²) in [5.74, 6) is -0.556. The van der Waals surface area contributed by atoms with E-state index in [2.05, 4.69) is 43.9 Å². The number of hydrogen-bond acceptors (Lipinski definition) is 4. The second-order valence-corrected chi connectivity index (χ2v) is 16.2. The predicted molar refractivity (Wildman–Crippen MR) is 123 cm³/mol. The molecule has 0 aliphatic carbocycles. The van der Waals surface area contributed by atoms with Gasteiger partial charge in [-0.15, -0.1) is 13.2 Å². The van der Waals surface area contributed by atoms with Crippen LogP contribution in [-0.4, -0.2) is 44.3 Å². The minimum atomic E-state index is -4.78. The van der Waals surface area contributed by atoms with Crippen LogP contribution >= 0.6 is 34.8 Å². The standard InChI is InChI=1S/C20H29Cl3F3NO4Si/c1-18(2,3)32(4,5)30-12-15(11-27-17(28)29-13-19(21,22)23)9-14-7-6-8-16(10-14)31-20(24,25)26/h6-8,10,15H,9,11-13H2,1-5H3,(H,27,28). The molecule has 0 bridgehead atoms. The number of alkyl halides is 6. The number of hydrogen-bond donors (Lipinski definition) is 1. The van der Waals surface area contributed by atoms with Crippen molar-refractivity contribution in [3.63, 3.8) is 0 Å². The quantitative estimate of drug-likeness (QED) is 0.276.